The van der Waals surface area contributed by atoms with E-state index in [-0.39, 0.29) is 33.1 Å². The summed E-state index contributed by atoms with van der Waals surface area (Å²) in [6, 6.07) is 11.4. The third-order valence-corrected chi connectivity index (χ3v) is 5.91. The lowest BCUT2D eigenvalue weighted by atomic mass is 9.98. The van der Waals surface area contributed by atoms with Gasteiger partial charge in [-0.3, -0.25) is 0 Å². The molecule has 1 N–H and O–H groups in total. The van der Waals surface area contributed by atoms with Crippen LogP contribution in [0.4, 0.5) is 17.6 Å². The average Bonchev–Trinajstić information content (AvgIpc) is 3.15. The molecule has 11 heteroatoms. The van der Waals surface area contributed by atoms with Crippen LogP contribution < -0.4 is 9.72 Å². The lowest BCUT2D eigenvalue weighted by Crippen LogP contribution is -2.27. The first-order valence-electron chi connectivity index (χ1n) is 9.15. The highest BCUT2D eigenvalue weighted by atomic mass is 32.2. The Labute approximate surface area is 180 Å². The van der Waals surface area contributed by atoms with Crippen LogP contribution in [0.3, 0.4) is 0 Å². The number of pyridine rings is 1. The Hall–Kier alpha value is -3.44. The van der Waals surface area contributed by atoms with Crippen LogP contribution >= 0.6 is 0 Å². The molecule has 2 heterocycles. The molecule has 4 rings (SSSR count). The summed E-state index contributed by atoms with van der Waals surface area (Å²) < 4.78 is 80.8. The number of hydrogen-bond donors (Lipinski definition) is 1. The topological polar surface area (TPSA) is 72.7 Å². The Kier molecular flexibility index (Phi) is 5.39. The van der Waals surface area contributed by atoms with Gasteiger partial charge < -0.3 is 9.24 Å². The Morgan fingerprint density at radius 2 is 1.78 bits per heavy atom. The summed E-state index contributed by atoms with van der Waals surface area (Å²) in [5, 5.41) is 0. The van der Waals surface area contributed by atoms with E-state index < -0.39 is 27.6 Å². The molecule has 0 radical (unpaired) electrons. The van der Waals surface area contributed by atoms with Crippen molar-refractivity contribution in [2.45, 2.75) is 18.0 Å². The first-order valence-corrected chi connectivity index (χ1v) is 10.6. The van der Waals surface area contributed by atoms with Gasteiger partial charge in [-0.15, -0.1) is 0 Å². The number of hydrogen-bond acceptors (Lipinski definition) is 4. The summed E-state index contributed by atoms with van der Waals surface area (Å²) in [5.41, 5.74) is -1.25. The molecule has 2 aromatic carbocycles. The Balaban J connectivity index is 1.77. The monoisotopic (exact) mass is 465 g/mol. The molecule has 0 saturated carbocycles. The highest BCUT2D eigenvalue weighted by Crippen LogP contribution is 2.41. The normalized spacial score (nSPS) is 12.3. The predicted octanol–water partition coefficient (Wildman–Crippen LogP) is 4.74. The van der Waals surface area contributed by atoms with Crippen LogP contribution in [-0.2, 0) is 16.2 Å². The molecule has 0 spiro atoms. The number of rotatable bonds is 5. The fourth-order valence-electron chi connectivity index (χ4n) is 3.19. The number of sulfonamides is 1. The summed E-state index contributed by atoms with van der Waals surface area (Å²) in [6.07, 6.45) is -2.06. The maximum atomic E-state index is 13.7. The lowest BCUT2D eigenvalue weighted by Gasteiger charge is -2.17. The van der Waals surface area contributed by atoms with Crippen LogP contribution in [0, 0.1) is 12.7 Å². The number of fused-ring (bicyclic) bond motifs is 1. The number of imidazole rings is 1. The zero-order chi connectivity index (χ0) is 23.1. The Bertz CT molecular complexity index is 1400. The van der Waals surface area contributed by atoms with Gasteiger partial charge >= 0.3 is 6.18 Å². The standard InChI is InChI=1S/C21H15F4N3O3S/c1-13-18(31-27-32(29,30)15-5-3-2-4-6-15)8-7-16(21(23,24)25)20(13)17-12-28-10-9-14(22)11-19(28)26-17/h2-12,27H,1H3. The maximum absolute atomic E-state index is 13.7. The smallest absolute Gasteiger partial charge is 0.393 e. The second-order valence-corrected chi connectivity index (χ2v) is 8.49. The van der Waals surface area contributed by atoms with Gasteiger partial charge in [0.2, 0.25) is 0 Å². The molecule has 0 aliphatic carbocycles. The van der Waals surface area contributed by atoms with Gasteiger partial charge in [-0.25, -0.2) is 17.8 Å². The minimum absolute atomic E-state index is 0.000496. The van der Waals surface area contributed by atoms with Gasteiger partial charge in [0.15, 0.2) is 5.75 Å². The van der Waals surface area contributed by atoms with E-state index in [4.69, 9.17) is 4.84 Å². The van der Waals surface area contributed by atoms with Crippen LogP contribution in [-0.4, -0.2) is 17.8 Å². The summed E-state index contributed by atoms with van der Waals surface area (Å²) in [7, 11) is -4.07. The molecule has 4 aromatic rings. The number of alkyl halides is 3. The summed E-state index contributed by atoms with van der Waals surface area (Å²) >= 11 is 0. The van der Waals surface area contributed by atoms with Gasteiger partial charge in [-0.1, -0.05) is 18.2 Å². The van der Waals surface area contributed by atoms with E-state index in [0.717, 1.165) is 24.3 Å². The highest BCUT2D eigenvalue weighted by molar-refractivity contribution is 7.89. The summed E-state index contributed by atoms with van der Waals surface area (Å²) in [4.78, 5) is 11.1. The predicted molar refractivity (Wildman–Crippen MR) is 108 cm³/mol. The van der Waals surface area contributed by atoms with E-state index in [1.165, 1.54) is 48.0 Å². The largest absolute Gasteiger partial charge is 0.417 e. The molecule has 166 valence electrons. The summed E-state index contributed by atoms with van der Waals surface area (Å²) in [5.74, 6) is -0.731. The molecule has 0 aliphatic rings. The number of halogens is 4. The van der Waals surface area contributed by atoms with Crippen LogP contribution in [0.5, 0.6) is 5.75 Å². The fraction of sp³-hybridized carbons (Fsp3) is 0.0952. The van der Waals surface area contributed by atoms with Crippen molar-refractivity contribution in [3.05, 3.63) is 83.9 Å². The van der Waals surface area contributed by atoms with Crippen LogP contribution in [0.1, 0.15) is 11.1 Å². The van der Waals surface area contributed by atoms with E-state index in [1.54, 1.807) is 6.07 Å². The SMILES string of the molecule is Cc1c(ONS(=O)(=O)c2ccccc2)ccc(C(F)(F)F)c1-c1cn2ccc(F)cc2n1. The molecule has 0 bridgehead atoms. The van der Waals surface area contributed by atoms with E-state index in [0.29, 0.717) is 0 Å². The molecular weight excluding hydrogens is 450 g/mol. The van der Waals surface area contributed by atoms with Gasteiger partial charge in [-0.2, -0.15) is 13.2 Å². The van der Waals surface area contributed by atoms with Crippen molar-refractivity contribution < 1.29 is 30.8 Å². The van der Waals surface area contributed by atoms with Crippen molar-refractivity contribution >= 4 is 15.7 Å². The van der Waals surface area contributed by atoms with Gasteiger partial charge in [0, 0.05) is 29.6 Å². The van der Waals surface area contributed by atoms with Crippen molar-refractivity contribution in [3.63, 3.8) is 0 Å². The second kappa shape index (κ2) is 7.92. The average molecular weight is 465 g/mol. The Morgan fingerprint density at radius 3 is 2.47 bits per heavy atom. The van der Waals surface area contributed by atoms with Crippen molar-refractivity contribution in [1.29, 1.82) is 0 Å². The molecule has 0 aliphatic heterocycles. The van der Waals surface area contributed by atoms with Gasteiger partial charge in [-0.05, 0) is 42.1 Å². The minimum Gasteiger partial charge on any atom is -0.393 e. The van der Waals surface area contributed by atoms with Crippen LogP contribution in [0.15, 0.2) is 71.9 Å². The molecule has 0 unspecified atom stereocenters. The third kappa shape index (κ3) is 4.16. The van der Waals surface area contributed by atoms with Crippen molar-refractivity contribution in [2.24, 2.45) is 0 Å². The van der Waals surface area contributed by atoms with E-state index in [9.17, 15) is 26.0 Å². The minimum atomic E-state index is -4.72. The number of nitrogens with zero attached hydrogens (tertiary/aromatic N) is 2. The van der Waals surface area contributed by atoms with E-state index in [1.807, 2.05) is 4.89 Å². The maximum Gasteiger partial charge on any atom is 0.417 e. The molecule has 6 nitrogen and oxygen atoms in total. The van der Waals surface area contributed by atoms with Gasteiger partial charge in [0.25, 0.3) is 10.0 Å². The van der Waals surface area contributed by atoms with Crippen LogP contribution in [0.25, 0.3) is 16.9 Å². The number of nitrogens with one attached hydrogen (secondary N) is 1. The zero-order valence-electron chi connectivity index (χ0n) is 16.4. The zero-order valence-corrected chi connectivity index (χ0v) is 17.2. The fourth-order valence-corrected chi connectivity index (χ4v) is 4.01. The lowest BCUT2D eigenvalue weighted by molar-refractivity contribution is -0.137. The molecule has 0 fully saturated rings. The van der Waals surface area contributed by atoms with Crippen molar-refractivity contribution in [3.8, 4) is 17.0 Å². The van der Waals surface area contributed by atoms with Crippen molar-refractivity contribution in [2.75, 3.05) is 0 Å². The van der Waals surface area contributed by atoms with Gasteiger partial charge in [0.05, 0.1) is 16.2 Å². The van der Waals surface area contributed by atoms with Gasteiger partial charge in [0.1, 0.15) is 11.5 Å². The molecular formula is C21H15F4N3O3S. The second-order valence-electron chi connectivity index (χ2n) is 6.85. The van der Waals surface area contributed by atoms with E-state index >= 15 is 0 Å². The third-order valence-electron chi connectivity index (χ3n) is 4.71. The first-order chi connectivity index (χ1) is 15.1. The number of aromatic nitrogens is 2. The van der Waals surface area contributed by atoms with E-state index in [2.05, 4.69) is 4.98 Å². The molecule has 0 amide bonds. The van der Waals surface area contributed by atoms with Crippen LogP contribution in [0.2, 0.25) is 0 Å². The van der Waals surface area contributed by atoms with Crippen molar-refractivity contribution in [1.82, 2.24) is 14.3 Å². The number of benzene rings is 2. The Morgan fingerprint density at radius 1 is 1.06 bits per heavy atom. The first kappa shape index (κ1) is 21.8. The quantitative estimate of drug-likeness (QED) is 0.341. The highest BCUT2D eigenvalue weighted by Gasteiger charge is 2.36. The molecule has 32 heavy (non-hydrogen) atoms. The molecule has 0 saturated heterocycles. The molecule has 0 atom stereocenters. The summed E-state index contributed by atoms with van der Waals surface area (Å²) in [6.45, 7) is 1.35. The molecule has 2 aromatic heterocycles.